The fourth-order valence-corrected chi connectivity index (χ4v) is 3.19. The number of amides is 1. The highest BCUT2D eigenvalue weighted by atomic mass is 32.2. The van der Waals surface area contributed by atoms with Crippen LogP contribution in [0.3, 0.4) is 0 Å². The van der Waals surface area contributed by atoms with Crippen molar-refractivity contribution in [2.45, 2.75) is 38.1 Å². The number of rotatable bonds is 7. The van der Waals surface area contributed by atoms with Gasteiger partial charge in [-0.25, -0.2) is 8.42 Å². The Morgan fingerprint density at radius 1 is 1.32 bits per heavy atom. The van der Waals surface area contributed by atoms with Crippen molar-refractivity contribution in [3.05, 3.63) is 23.8 Å². The zero-order valence-corrected chi connectivity index (χ0v) is 14.6. The fraction of sp³-hybridized carbons (Fsp3) is 0.533. The normalized spacial score (nSPS) is 12.0. The molecule has 0 saturated heterocycles. The van der Waals surface area contributed by atoms with E-state index in [0.29, 0.717) is 18.7 Å². The number of aryl methyl sites for hydroxylation is 1. The number of anilines is 1. The summed E-state index contributed by atoms with van der Waals surface area (Å²) < 4.78 is 26.3. The van der Waals surface area contributed by atoms with Crippen LogP contribution in [-0.2, 0) is 14.8 Å². The Hall–Kier alpha value is -1.44. The molecule has 6 nitrogen and oxygen atoms in total. The summed E-state index contributed by atoms with van der Waals surface area (Å²) in [4.78, 5) is 12.0. The average molecular weight is 327 g/mol. The topological polar surface area (TPSA) is 78.5 Å². The zero-order valence-electron chi connectivity index (χ0n) is 13.8. The van der Waals surface area contributed by atoms with Crippen molar-refractivity contribution in [1.82, 2.24) is 9.62 Å². The Balaban J connectivity index is 3.07. The van der Waals surface area contributed by atoms with E-state index in [9.17, 15) is 13.2 Å². The molecule has 22 heavy (non-hydrogen) atoms. The third-order valence-electron chi connectivity index (χ3n) is 3.49. The van der Waals surface area contributed by atoms with Gasteiger partial charge in [-0.3, -0.25) is 4.79 Å². The third kappa shape index (κ3) is 4.53. The van der Waals surface area contributed by atoms with E-state index in [0.717, 1.165) is 5.56 Å². The van der Waals surface area contributed by atoms with E-state index < -0.39 is 10.0 Å². The van der Waals surface area contributed by atoms with Crippen LogP contribution in [0.1, 0.15) is 25.8 Å². The number of hydrogen-bond acceptors (Lipinski definition) is 4. The summed E-state index contributed by atoms with van der Waals surface area (Å²) in [6.07, 6.45) is 0.332. The molecular weight excluding hydrogens is 302 g/mol. The summed E-state index contributed by atoms with van der Waals surface area (Å²) in [5, 5.41) is 5.66. The van der Waals surface area contributed by atoms with Gasteiger partial charge in [-0.15, -0.1) is 0 Å². The molecule has 7 heteroatoms. The molecule has 0 saturated carbocycles. The van der Waals surface area contributed by atoms with Gasteiger partial charge in [0.1, 0.15) is 0 Å². The third-order valence-corrected chi connectivity index (χ3v) is 5.52. The first kappa shape index (κ1) is 18.6. The highest BCUT2D eigenvalue weighted by Crippen LogP contribution is 2.23. The summed E-state index contributed by atoms with van der Waals surface area (Å²) in [5.74, 6) is -0.149. The van der Waals surface area contributed by atoms with Crippen LogP contribution in [-0.4, -0.2) is 45.3 Å². The Morgan fingerprint density at radius 2 is 1.95 bits per heavy atom. The van der Waals surface area contributed by atoms with E-state index in [4.69, 9.17) is 0 Å². The van der Waals surface area contributed by atoms with Crippen molar-refractivity contribution in [1.29, 1.82) is 0 Å². The molecule has 0 bridgehead atoms. The Kier molecular flexibility index (Phi) is 6.52. The molecule has 1 amide bonds. The fourth-order valence-electron chi connectivity index (χ4n) is 1.79. The molecule has 0 aliphatic heterocycles. The highest BCUT2D eigenvalue weighted by Gasteiger charge is 2.23. The van der Waals surface area contributed by atoms with Crippen LogP contribution >= 0.6 is 0 Å². The van der Waals surface area contributed by atoms with Crippen LogP contribution in [0.5, 0.6) is 0 Å². The lowest BCUT2D eigenvalue weighted by molar-refractivity contribution is -0.116. The standard InChI is InChI=1S/C15H25N3O3S/c1-11(2)18(5)22(20,21)13-7-6-12(3)14(10-13)17-15(19)8-9-16-4/h6-7,10-11,16H,8-9H2,1-5H3,(H,17,19). The van der Waals surface area contributed by atoms with Crippen molar-refractivity contribution < 1.29 is 13.2 Å². The molecule has 0 aliphatic carbocycles. The first-order valence-electron chi connectivity index (χ1n) is 7.23. The van der Waals surface area contributed by atoms with Crippen molar-refractivity contribution in [3.8, 4) is 0 Å². The van der Waals surface area contributed by atoms with Gasteiger partial charge in [0.2, 0.25) is 15.9 Å². The second-order valence-corrected chi connectivity index (χ2v) is 7.49. The van der Waals surface area contributed by atoms with Crippen LogP contribution in [0.4, 0.5) is 5.69 Å². The molecule has 1 aromatic carbocycles. The monoisotopic (exact) mass is 327 g/mol. The van der Waals surface area contributed by atoms with Gasteiger partial charge < -0.3 is 10.6 Å². The first-order valence-corrected chi connectivity index (χ1v) is 8.67. The average Bonchev–Trinajstić information content (AvgIpc) is 2.46. The number of carbonyl (C=O) groups excluding carboxylic acids is 1. The molecule has 124 valence electrons. The van der Waals surface area contributed by atoms with Crippen LogP contribution in [0.2, 0.25) is 0 Å². The van der Waals surface area contributed by atoms with Gasteiger partial charge >= 0.3 is 0 Å². The van der Waals surface area contributed by atoms with Crippen LogP contribution in [0.25, 0.3) is 0 Å². The quantitative estimate of drug-likeness (QED) is 0.797. The van der Waals surface area contributed by atoms with E-state index in [1.807, 2.05) is 20.8 Å². The maximum absolute atomic E-state index is 12.5. The van der Waals surface area contributed by atoms with Gasteiger partial charge in [0, 0.05) is 31.7 Å². The van der Waals surface area contributed by atoms with Crippen molar-refractivity contribution in [2.24, 2.45) is 0 Å². The number of hydrogen-bond donors (Lipinski definition) is 2. The predicted molar refractivity (Wildman–Crippen MR) is 88.4 cm³/mol. The maximum atomic E-state index is 12.5. The molecule has 0 unspecified atom stereocenters. The van der Waals surface area contributed by atoms with Gasteiger partial charge in [0.05, 0.1) is 4.90 Å². The zero-order chi connectivity index (χ0) is 16.9. The molecule has 0 radical (unpaired) electrons. The minimum atomic E-state index is -3.56. The maximum Gasteiger partial charge on any atom is 0.243 e. The summed E-state index contributed by atoms with van der Waals surface area (Å²) in [6, 6.07) is 4.64. The Labute approximate surface area is 132 Å². The number of nitrogens with zero attached hydrogens (tertiary/aromatic N) is 1. The second-order valence-electron chi connectivity index (χ2n) is 5.49. The Bertz CT molecular complexity index is 627. The summed E-state index contributed by atoms with van der Waals surface area (Å²) >= 11 is 0. The highest BCUT2D eigenvalue weighted by molar-refractivity contribution is 7.89. The molecule has 0 heterocycles. The number of sulfonamides is 1. The summed E-state index contributed by atoms with van der Waals surface area (Å²) in [7, 11) is -0.243. The second kappa shape index (κ2) is 7.71. The lowest BCUT2D eigenvalue weighted by atomic mass is 10.2. The van der Waals surface area contributed by atoms with Gasteiger partial charge in [0.15, 0.2) is 0 Å². The lowest BCUT2D eigenvalue weighted by Crippen LogP contribution is -2.33. The number of nitrogens with one attached hydrogen (secondary N) is 2. The van der Waals surface area contributed by atoms with Gasteiger partial charge in [-0.05, 0) is 45.5 Å². The first-order chi connectivity index (χ1) is 10.2. The van der Waals surface area contributed by atoms with E-state index in [-0.39, 0.29) is 16.8 Å². The number of carbonyl (C=O) groups is 1. The van der Waals surface area contributed by atoms with E-state index >= 15 is 0 Å². The van der Waals surface area contributed by atoms with E-state index in [1.165, 1.54) is 10.4 Å². The van der Waals surface area contributed by atoms with E-state index in [1.54, 1.807) is 26.2 Å². The smallest absolute Gasteiger partial charge is 0.243 e. The molecule has 0 fully saturated rings. The largest absolute Gasteiger partial charge is 0.326 e. The molecule has 0 atom stereocenters. The molecule has 1 rings (SSSR count). The molecule has 0 aliphatic rings. The van der Waals surface area contributed by atoms with Gasteiger partial charge in [-0.1, -0.05) is 6.07 Å². The van der Waals surface area contributed by atoms with Gasteiger partial charge in [-0.2, -0.15) is 4.31 Å². The Morgan fingerprint density at radius 3 is 2.50 bits per heavy atom. The summed E-state index contributed by atoms with van der Waals surface area (Å²) in [5.41, 5.74) is 1.35. The molecule has 2 N–H and O–H groups in total. The van der Waals surface area contributed by atoms with Crippen LogP contribution in [0, 0.1) is 6.92 Å². The minimum absolute atomic E-state index is 0.139. The van der Waals surface area contributed by atoms with E-state index in [2.05, 4.69) is 10.6 Å². The van der Waals surface area contributed by atoms with Crippen LogP contribution < -0.4 is 10.6 Å². The number of benzene rings is 1. The summed E-state index contributed by atoms with van der Waals surface area (Å²) in [6.45, 7) is 6.02. The molecule has 1 aromatic rings. The van der Waals surface area contributed by atoms with Crippen molar-refractivity contribution >= 4 is 21.6 Å². The van der Waals surface area contributed by atoms with Crippen LogP contribution in [0.15, 0.2) is 23.1 Å². The molecule has 0 spiro atoms. The van der Waals surface area contributed by atoms with Crippen molar-refractivity contribution in [3.63, 3.8) is 0 Å². The lowest BCUT2D eigenvalue weighted by Gasteiger charge is -2.21. The SMILES string of the molecule is CNCCC(=O)Nc1cc(S(=O)(=O)N(C)C(C)C)ccc1C. The molecular formula is C15H25N3O3S. The predicted octanol–water partition coefficient (Wildman–Crippen LogP) is 1.57. The molecule has 0 aromatic heterocycles. The van der Waals surface area contributed by atoms with Gasteiger partial charge in [0.25, 0.3) is 0 Å². The van der Waals surface area contributed by atoms with Crippen molar-refractivity contribution in [2.75, 3.05) is 26.0 Å². The minimum Gasteiger partial charge on any atom is -0.326 e.